The molecule has 0 atom stereocenters. The Morgan fingerprint density at radius 2 is 2.43 bits per heavy atom. The molecule has 5 heteroatoms. The highest BCUT2D eigenvalue weighted by molar-refractivity contribution is 7.09. The van der Waals surface area contributed by atoms with Crippen molar-refractivity contribution >= 4 is 17.3 Å². The smallest absolute Gasteiger partial charge is 0.331 e. The summed E-state index contributed by atoms with van der Waals surface area (Å²) in [5.41, 5.74) is 2.85. The molecular formula is C9H13NO3S. The maximum atomic E-state index is 10.7. The first-order valence-electron chi connectivity index (χ1n) is 4.27. The van der Waals surface area contributed by atoms with Crippen molar-refractivity contribution in [2.24, 2.45) is 0 Å². The molecule has 14 heavy (non-hydrogen) atoms. The second-order valence-electron chi connectivity index (χ2n) is 2.74. The summed E-state index contributed by atoms with van der Waals surface area (Å²) >= 11 is 1.61. The van der Waals surface area contributed by atoms with Gasteiger partial charge >= 0.3 is 5.97 Å². The Hall–Kier alpha value is -0.940. The van der Waals surface area contributed by atoms with Gasteiger partial charge in [-0.3, -0.25) is 0 Å². The fraction of sp³-hybridized carbons (Fsp3) is 0.556. The molecule has 1 rings (SSSR count). The van der Waals surface area contributed by atoms with Crippen LogP contribution in [0.2, 0.25) is 0 Å². The van der Waals surface area contributed by atoms with E-state index in [1.165, 1.54) is 12.0 Å². The van der Waals surface area contributed by atoms with Gasteiger partial charge in [-0.15, -0.1) is 11.3 Å². The first kappa shape index (κ1) is 11.1. The number of thiazole rings is 1. The number of hydrogen-bond donors (Lipinski definition) is 0. The van der Waals surface area contributed by atoms with E-state index in [0.717, 1.165) is 12.1 Å². The normalized spacial score (nSPS) is 10.1. The van der Waals surface area contributed by atoms with Crippen molar-refractivity contribution < 1.29 is 14.3 Å². The van der Waals surface area contributed by atoms with E-state index in [1.54, 1.807) is 11.3 Å². The maximum Gasteiger partial charge on any atom is 0.331 e. The van der Waals surface area contributed by atoms with E-state index >= 15 is 0 Å². The van der Waals surface area contributed by atoms with Gasteiger partial charge in [-0.2, -0.15) is 0 Å². The molecule has 0 aliphatic heterocycles. The number of methoxy groups -OCH3 is 1. The van der Waals surface area contributed by atoms with Gasteiger partial charge in [-0.25, -0.2) is 9.78 Å². The summed E-state index contributed by atoms with van der Waals surface area (Å²) in [7, 11) is 1.35. The Bertz CT molecular complexity index is 298. The molecule has 0 radical (unpaired) electrons. The largest absolute Gasteiger partial charge is 0.467 e. The third-order valence-electron chi connectivity index (χ3n) is 1.77. The van der Waals surface area contributed by atoms with Crippen LogP contribution < -0.4 is 0 Å². The topological polar surface area (TPSA) is 48.4 Å². The SMILES string of the molecule is COC(=O)COCCc1scnc1C. The molecule has 1 heterocycles. The molecular weight excluding hydrogens is 202 g/mol. The number of hydrogen-bond acceptors (Lipinski definition) is 5. The third kappa shape index (κ3) is 3.43. The summed E-state index contributed by atoms with van der Waals surface area (Å²) in [6, 6.07) is 0. The van der Waals surface area contributed by atoms with Gasteiger partial charge in [0.05, 0.1) is 24.9 Å². The van der Waals surface area contributed by atoms with Crippen molar-refractivity contribution in [2.45, 2.75) is 13.3 Å². The number of ether oxygens (including phenoxy) is 2. The molecule has 0 aromatic carbocycles. The molecule has 1 aromatic rings. The highest BCUT2D eigenvalue weighted by atomic mass is 32.1. The molecule has 0 aliphatic rings. The molecule has 0 bridgehead atoms. The number of aryl methyl sites for hydroxylation is 1. The highest BCUT2D eigenvalue weighted by Gasteiger charge is 2.03. The molecule has 1 aromatic heterocycles. The number of aromatic nitrogens is 1. The molecule has 4 nitrogen and oxygen atoms in total. The van der Waals surface area contributed by atoms with Crippen molar-refractivity contribution in [1.82, 2.24) is 4.98 Å². The van der Waals surface area contributed by atoms with Crippen LogP contribution in [0.5, 0.6) is 0 Å². The summed E-state index contributed by atoms with van der Waals surface area (Å²) in [6.45, 7) is 2.51. The Morgan fingerprint density at radius 3 is 3.00 bits per heavy atom. The average Bonchev–Trinajstić information content (AvgIpc) is 2.58. The summed E-state index contributed by atoms with van der Waals surface area (Å²) in [5.74, 6) is -0.342. The van der Waals surface area contributed by atoms with Gasteiger partial charge in [0, 0.05) is 11.3 Å². The van der Waals surface area contributed by atoms with Crippen LogP contribution in [0, 0.1) is 6.92 Å². The lowest BCUT2D eigenvalue weighted by Gasteiger charge is -2.01. The highest BCUT2D eigenvalue weighted by Crippen LogP contribution is 2.12. The molecule has 0 N–H and O–H groups in total. The van der Waals surface area contributed by atoms with Gasteiger partial charge in [0.15, 0.2) is 0 Å². The monoisotopic (exact) mass is 215 g/mol. The van der Waals surface area contributed by atoms with Gasteiger partial charge < -0.3 is 9.47 Å². The van der Waals surface area contributed by atoms with Crippen molar-refractivity contribution in [3.05, 3.63) is 16.1 Å². The summed E-state index contributed by atoms with van der Waals surface area (Å²) in [6.07, 6.45) is 0.799. The lowest BCUT2D eigenvalue weighted by Crippen LogP contribution is -2.11. The number of nitrogens with zero attached hydrogens (tertiary/aromatic N) is 1. The van der Waals surface area contributed by atoms with E-state index in [1.807, 2.05) is 12.4 Å². The predicted octanol–water partition coefficient (Wildman–Crippen LogP) is 1.18. The Kier molecular flexibility index (Phi) is 4.55. The average molecular weight is 215 g/mol. The number of carbonyl (C=O) groups excluding carboxylic acids is 1. The molecule has 78 valence electrons. The minimum Gasteiger partial charge on any atom is -0.467 e. The Labute approximate surface area is 86.9 Å². The lowest BCUT2D eigenvalue weighted by molar-refractivity contribution is -0.145. The van der Waals surface area contributed by atoms with Gasteiger partial charge in [0.1, 0.15) is 6.61 Å². The fourth-order valence-electron chi connectivity index (χ4n) is 0.945. The van der Waals surface area contributed by atoms with Crippen molar-refractivity contribution in [3.63, 3.8) is 0 Å². The van der Waals surface area contributed by atoms with Crippen LogP contribution in [0.3, 0.4) is 0 Å². The predicted molar refractivity (Wildman–Crippen MR) is 53.4 cm³/mol. The van der Waals surface area contributed by atoms with Crippen molar-refractivity contribution in [2.75, 3.05) is 20.3 Å². The van der Waals surface area contributed by atoms with Gasteiger partial charge in [0.25, 0.3) is 0 Å². The Morgan fingerprint density at radius 1 is 1.64 bits per heavy atom. The number of rotatable bonds is 5. The molecule has 0 amide bonds. The van der Waals surface area contributed by atoms with E-state index in [-0.39, 0.29) is 12.6 Å². The van der Waals surface area contributed by atoms with Crippen LogP contribution in [0.25, 0.3) is 0 Å². The molecule has 0 saturated carbocycles. The minimum absolute atomic E-state index is 0.0222. The first-order chi connectivity index (χ1) is 6.74. The van der Waals surface area contributed by atoms with Crippen molar-refractivity contribution in [1.29, 1.82) is 0 Å². The van der Waals surface area contributed by atoms with Crippen LogP contribution in [0.4, 0.5) is 0 Å². The lowest BCUT2D eigenvalue weighted by atomic mass is 10.3. The Balaban J connectivity index is 2.16. The minimum atomic E-state index is -0.342. The molecule has 0 spiro atoms. The quantitative estimate of drug-likeness (QED) is 0.546. The van der Waals surface area contributed by atoms with Crippen LogP contribution in [-0.4, -0.2) is 31.3 Å². The van der Waals surface area contributed by atoms with E-state index in [2.05, 4.69) is 9.72 Å². The summed E-state index contributed by atoms with van der Waals surface area (Å²) in [5, 5.41) is 0. The molecule has 0 saturated heterocycles. The van der Waals surface area contributed by atoms with Gasteiger partial charge in [0.2, 0.25) is 0 Å². The number of esters is 1. The third-order valence-corrected chi connectivity index (χ3v) is 2.76. The summed E-state index contributed by atoms with van der Waals surface area (Å²) in [4.78, 5) is 16.0. The molecule has 0 unspecified atom stereocenters. The zero-order valence-electron chi connectivity index (χ0n) is 8.28. The fourth-order valence-corrected chi connectivity index (χ4v) is 1.71. The van der Waals surface area contributed by atoms with Crippen LogP contribution in [0.15, 0.2) is 5.51 Å². The zero-order valence-corrected chi connectivity index (χ0v) is 9.10. The second-order valence-corrected chi connectivity index (χ2v) is 3.68. The van der Waals surface area contributed by atoms with E-state index in [9.17, 15) is 4.79 Å². The van der Waals surface area contributed by atoms with E-state index in [0.29, 0.717) is 6.61 Å². The summed E-state index contributed by atoms with van der Waals surface area (Å²) < 4.78 is 9.56. The second kappa shape index (κ2) is 5.72. The van der Waals surface area contributed by atoms with Crippen LogP contribution in [-0.2, 0) is 20.7 Å². The van der Waals surface area contributed by atoms with E-state index < -0.39 is 0 Å². The first-order valence-corrected chi connectivity index (χ1v) is 5.15. The van der Waals surface area contributed by atoms with E-state index in [4.69, 9.17) is 4.74 Å². The molecule has 0 aliphatic carbocycles. The van der Waals surface area contributed by atoms with Crippen molar-refractivity contribution in [3.8, 4) is 0 Å². The maximum absolute atomic E-state index is 10.7. The molecule has 0 fully saturated rings. The van der Waals surface area contributed by atoms with Gasteiger partial charge in [-0.05, 0) is 6.92 Å². The van der Waals surface area contributed by atoms with Crippen LogP contribution in [0.1, 0.15) is 10.6 Å². The standard InChI is InChI=1S/C9H13NO3S/c1-7-8(14-6-10-7)3-4-13-5-9(11)12-2/h6H,3-5H2,1-2H3. The zero-order chi connectivity index (χ0) is 10.4. The number of carbonyl (C=O) groups is 1. The van der Waals surface area contributed by atoms with Gasteiger partial charge in [-0.1, -0.05) is 0 Å². The van der Waals surface area contributed by atoms with Crippen LogP contribution >= 0.6 is 11.3 Å².